The van der Waals surface area contributed by atoms with Crippen LogP contribution in [0.1, 0.15) is 13.8 Å². The topological polar surface area (TPSA) is 76.1 Å². The molecule has 0 aromatic heterocycles. The molecule has 7 heteroatoms. The summed E-state index contributed by atoms with van der Waals surface area (Å²) in [5.41, 5.74) is 0. The van der Waals surface area contributed by atoms with Gasteiger partial charge in [-0.2, -0.15) is 0 Å². The molecule has 1 fully saturated rings. The Kier molecular flexibility index (Phi) is 6.74. The third kappa shape index (κ3) is 4.97. The van der Waals surface area contributed by atoms with Crippen LogP contribution in [0.4, 0.5) is 4.79 Å². The minimum absolute atomic E-state index is 0.0582. The lowest BCUT2D eigenvalue weighted by molar-refractivity contribution is -0.143. The highest BCUT2D eigenvalue weighted by Crippen LogP contribution is 2.06. The first-order chi connectivity index (χ1) is 9.45. The molecule has 20 heavy (non-hydrogen) atoms. The van der Waals surface area contributed by atoms with Crippen molar-refractivity contribution in [3.63, 3.8) is 0 Å². The van der Waals surface area contributed by atoms with E-state index in [0.717, 1.165) is 13.1 Å². The first kappa shape index (κ1) is 16.7. The molecule has 1 rings (SSSR count). The number of rotatable bonds is 6. The van der Waals surface area contributed by atoms with E-state index >= 15 is 0 Å². The van der Waals surface area contributed by atoms with Gasteiger partial charge in [-0.3, -0.25) is 9.69 Å². The number of carbonyl (C=O) groups excluding carboxylic acids is 1. The number of carbonyl (C=O) groups is 2. The Morgan fingerprint density at radius 1 is 1.30 bits per heavy atom. The number of carboxylic acids is 1. The molecule has 0 bridgehead atoms. The number of hydrogen-bond acceptors (Lipinski definition) is 4. The number of hydrogen-bond donors (Lipinski definition) is 2. The van der Waals surface area contributed by atoms with Gasteiger partial charge in [0.15, 0.2) is 0 Å². The number of nitrogens with one attached hydrogen (secondary N) is 1. The minimum atomic E-state index is -0.814. The van der Waals surface area contributed by atoms with Crippen molar-refractivity contribution in [2.45, 2.75) is 19.9 Å². The SMILES string of the molecule is CCN(C)CCNC(=O)N1CCN(C(C)C(=O)O)CC1. The lowest BCUT2D eigenvalue weighted by Gasteiger charge is -2.36. The van der Waals surface area contributed by atoms with Crippen molar-refractivity contribution in [2.75, 3.05) is 52.9 Å². The van der Waals surface area contributed by atoms with Gasteiger partial charge in [0.25, 0.3) is 0 Å². The number of aliphatic carboxylic acids is 1. The number of nitrogens with zero attached hydrogens (tertiary/aromatic N) is 3. The number of likely N-dealkylation sites (N-methyl/N-ethyl adjacent to an activating group) is 1. The maximum atomic E-state index is 11.9. The number of piperazine rings is 1. The van der Waals surface area contributed by atoms with Crippen molar-refractivity contribution in [3.05, 3.63) is 0 Å². The van der Waals surface area contributed by atoms with Crippen LogP contribution in [0.2, 0.25) is 0 Å². The average Bonchev–Trinajstić information content (AvgIpc) is 2.46. The molecule has 1 heterocycles. The molecule has 1 atom stereocenters. The zero-order valence-corrected chi connectivity index (χ0v) is 12.6. The van der Waals surface area contributed by atoms with Crippen LogP contribution in [0.25, 0.3) is 0 Å². The lowest BCUT2D eigenvalue weighted by Crippen LogP contribution is -2.55. The van der Waals surface area contributed by atoms with E-state index in [4.69, 9.17) is 5.11 Å². The van der Waals surface area contributed by atoms with E-state index in [1.165, 1.54) is 0 Å². The highest BCUT2D eigenvalue weighted by atomic mass is 16.4. The van der Waals surface area contributed by atoms with Gasteiger partial charge in [-0.25, -0.2) is 4.79 Å². The van der Waals surface area contributed by atoms with Crippen molar-refractivity contribution < 1.29 is 14.7 Å². The summed E-state index contributed by atoms with van der Waals surface area (Å²) in [5.74, 6) is -0.814. The summed E-state index contributed by atoms with van der Waals surface area (Å²) in [4.78, 5) is 28.6. The number of urea groups is 1. The molecule has 1 aliphatic rings. The van der Waals surface area contributed by atoms with Crippen molar-refractivity contribution in [3.8, 4) is 0 Å². The summed E-state index contributed by atoms with van der Waals surface area (Å²) in [6.45, 7) is 8.55. The summed E-state index contributed by atoms with van der Waals surface area (Å²) in [6.07, 6.45) is 0. The summed E-state index contributed by atoms with van der Waals surface area (Å²) >= 11 is 0. The zero-order chi connectivity index (χ0) is 15.1. The maximum Gasteiger partial charge on any atom is 0.320 e. The molecule has 0 radical (unpaired) electrons. The molecule has 1 unspecified atom stereocenters. The van der Waals surface area contributed by atoms with E-state index in [-0.39, 0.29) is 6.03 Å². The molecular formula is C13H26N4O3. The maximum absolute atomic E-state index is 11.9. The summed E-state index contributed by atoms with van der Waals surface area (Å²) in [6, 6.07) is -0.546. The van der Waals surface area contributed by atoms with Gasteiger partial charge in [-0.05, 0) is 20.5 Å². The monoisotopic (exact) mass is 286 g/mol. The van der Waals surface area contributed by atoms with Crippen molar-refractivity contribution >= 4 is 12.0 Å². The summed E-state index contributed by atoms with van der Waals surface area (Å²) < 4.78 is 0. The quantitative estimate of drug-likeness (QED) is 0.703. The highest BCUT2D eigenvalue weighted by molar-refractivity contribution is 5.74. The van der Waals surface area contributed by atoms with E-state index in [1.54, 1.807) is 11.8 Å². The van der Waals surface area contributed by atoms with Gasteiger partial charge in [0.05, 0.1) is 0 Å². The molecule has 0 aliphatic carbocycles. The third-order valence-electron chi connectivity index (χ3n) is 3.82. The highest BCUT2D eigenvalue weighted by Gasteiger charge is 2.26. The van der Waals surface area contributed by atoms with Crippen LogP contribution in [0.5, 0.6) is 0 Å². The van der Waals surface area contributed by atoms with Crippen LogP contribution in [0.3, 0.4) is 0 Å². The first-order valence-corrected chi connectivity index (χ1v) is 7.13. The predicted molar refractivity (Wildman–Crippen MR) is 76.8 cm³/mol. The van der Waals surface area contributed by atoms with Crippen molar-refractivity contribution in [1.29, 1.82) is 0 Å². The zero-order valence-electron chi connectivity index (χ0n) is 12.6. The third-order valence-corrected chi connectivity index (χ3v) is 3.82. The van der Waals surface area contributed by atoms with Crippen molar-refractivity contribution in [2.24, 2.45) is 0 Å². The van der Waals surface area contributed by atoms with Gasteiger partial charge < -0.3 is 20.2 Å². The molecule has 2 N–H and O–H groups in total. The van der Waals surface area contributed by atoms with Gasteiger partial charge in [0.2, 0.25) is 0 Å². The largest absolute Gasteiger partial charge is 0.480 e. The number of carboxylic acid groups (broad SMARTS) is 1. The van der Waals surface area contributed by atoms with E-state index in [2.05, 4.69) is 17.1 Å². The molecular weight excluding hydrogens is 260 g/mol. The smallest absolute Gasteiger partial charge is 0.320 e. The molecule has 1 saturated heterocycles. The van der Waals surface area contributed by atoms with Gasteiger partial charge >= 0.3 is 12.0 Å². The Hall–Kier alpha value is -1.34. The van der Waals surface area contributed by atoms with E-state index in [1.807, 2.05) is 11.9 Å². The van der Waals surface area contributed by atoms with Gasteiger partial charge in [-0.15, -0.1) is 0 Å². The van der Waals surface area contributed by atoms with Gasteiger partial charge in [0, 0.05) is 39.3 Å². The fourth-order valence-electron chi connectivity index (χ4n) is 2.09. The van der Waals surface area contributed by atoms with Crippen LogP contribution in [0, 0.1) is 0 Å². The molecule has 1 aliphatic heterocycles. The fourth-order valence-corrected chi connectivity index (χ4v) is 2.09. The van der Waals surface area contributed by atoms with Crippen molar-refractivity contribution in [1.82, 2.24) is 20.0 Å². The van der Waals surface area contributed by atoms with Crippen LogP contribution < -0.4 is 5.32 Å². The second kappa shape index (κ2) is 8.06. The summed E-state index contributed by atoms with van der Waals surface area (Å²) in [7, 11) is 2.01. The Balaban J connectivity index is 2.27. The second-order valence-electron chi connectivity index (χ2n) is 5.17. The molecule has 0 saturated carbocycles. The molecule has 116 valence electrons. The Bertz CT molecular complexity index is 330. The van der Waals surface area contributed by atoms with Crippen LogP contribution >= 0.6 is 0 Å². The average molecular weight is 286 g/mol. The molecule has 0 aromatic rings. The van der Waals surface area contributed by atoms with Crippen LogP contribution in [-0.4, -0.2) is 90.7 Å². The van der Waals surface area contributed by atoms with Gasteiger partial charge in [-0.1, -0.05) is 6.92 Å². The second-order valence-corrected chi connectivity index (χ2v) is 5.17. The molecule has 7 nitrogen and oxygen atoms in total. The molecule has 2 amide bonds. The standard InChI is InChI=1S/C13H26N4O3/c1-4-15(3)6-5-14-13(20)17-9-7-16(8-10-17)11(2)12(18)19/h11H,4-10H2,1-3H3,(H,14,20)(H,18,19). The Labute approximate surface area is 120 Å². The number of amides is 2. The van der Waals surface area contributed by atoms with Crippen LogP contribution in [-0.2, 0) is 4.79 Å². The molecule has 0 aromatic carbocycles. The molecule has 0 spiro atoms. The van der Waals surface area contributed by atoms with Crippen LogP contribution in [0.15, 0.2) is 0 Å². The Morgan fingerprint density at radius 3 is 2.40 bits per heavy atom. The normalized spacial score (nSPS) is 18.1. The first-order valence-electron chi connectivity index (χ1n) is 7.13. The minimum Gasteiger partial charge on any atom is -0.480 e. The summed E-state index contributed by atoms with van der Waals surface area (Å²) in [5, 5.41) is 11.9. The predicted octanol–water partition coefficient (Wildman–Crippen LogP) is -0.262. The van der Waals surface area contributed by atoms with E-state index in [9.17, 15) is 9.59 Å². The Morgan fingerprint density at radius 2 is 1.90 bits per heavy atom. The lowest BCUT2D eigenvalue weighted by atomic mass is 10.2. The fraction of sp³-hybridized carbons (Fsp3) is 0.846. The van der Waals surface area contributed by atoms with E-state index < -0.39 is 12.0 Å². The van der Waals surface area contributed by atoms with E-state index in [0.29, 0.717) is 32.7 Å². The van der Waals surface area contributed by atoms with Gasteiger partial charge in [0.1, 0.15) is 6.04 Å².